The van der Waals surface area contributed by atoms with E-state index in [2.05, 4.69) is 4.72 Å². The number of rotatable bonds is 5. The standard InChI is InChI=1S/C23H20ClFN2O4S/c24-18-5-1-16(2-6-18)22-15-27(13-14-31-22)23(28)17-3-11-21(12-4-17)32(29,30)26-20-9-7-19(25)8-10-20/h1-12,22,26H,13-15H2. The van der Waals surface area contributed by atoms with Crippen molar-refractivity contribution in [1.29, 1.82) is 0 Å². The monoisotopic (exact) mass is 474 g/mol. The maximum Gasteiger partial charge on any atom is 0.261 e. The van der Waals surface area contributed by atoms with Gasteiger partial charge < -0.3 is 9.64 Å². The van der Waals surface area contributed by atoms with Crippen LogP contribution in [0.15, 0.2) is 77.7 Å². The van der Waals surface area contributed by atoms with Gasteiger partial charge in [0.25, 0.3) is 15.9 Å². The first-order valence-corrected chi connectivity index (χ1v) is 11.7. The first-order valence-electron chi connectivity index (χ1n) is 9.87. The molecule has 1 amide bonds. The molecule has 0 aromatic heterocycles. The van der Waals surface area contributed by atoms with Gasteiger partial charge in [-0.1, -0.05) is 23.7 Å². The van der Waals surface area contributed by atoms with Gasteiger partial charge in [-0.05, 0) is 66.2 Å². The molecule has 0 bridgehead atoms. The fourth-order valence-corrected chi connectivity index (χ4v) is 4.59. The molecule has 1 fully saturated rings. The van der Waals surface area contributed by atoms with Gasteiger partial charge in [-0.3, -0.25) is 9.52 Å². The van der Waals surface area contributed by atoms with Crippen LogP contribution < -0.4 is 4.72 Å². The van der Waals surface area contributed by atoms with Gasteiger partial charge in [0.1, 0.15) is 11.9 Å². The third-order valence-corrected chi connectivity index (χ3v) is 6.75. The maximum atomic E-state index is 13.0. The Morgan fingerprint density at radius 2 is 1.66 bits per heavy atom. The third kappa shape index (κ3) is 5.09. The third-order valence-electron chi connectivity index (χ3n) is 5.10. The number of hydrogen-bond donors (Lipinski definition) is 1. The molecule has 4 rings (SSSR count). The van der Waals surface area contributed by atoms with E-state index in [4.69, 9.17) is 16.3 Å². The highest BCUT2D eigenvalue weighted by atomic mass is 35.5. The van der Waals surface area contributed by atoms with Gasteiger partial charge >= 0.3 is 0 Å². The minimum Gasteiger partial charge on any atom is -0.370 e. The van der Waals surface area contributed by atoms with Crippen molar-refractivity contribution in [2.45, 2.75) is 11.0 Å². The van der Waals surface area contributed by atoms with Gasteiger partial charge in [0.2, 0.25) is 0 Å². The zero-order valence-corrected chi connectivity index (χ0v) is 18.4. The van der Waals surface area contributed by atoms with E-state index in [9.17, 15) is 17.6 Å². The Hall–Kier alpha value is -2.94. The molecule has 32 heavy (non-hydrogen) atoms. The summed E-state index contributed by atoms with van der Waals surface area (Å²) in [4.78, 5) is 14.6. The number of carbonyl (C=O) groups excluding carboxylic acids is 1. The first kappa shape index (κ1) is 22.3. The summed E-state index contributed by atoms with van der Waals surface area (Å²) in [5, 5.41) is 0.626. The Morgan fingerprint density at radius 3 is 2.31 bits per heavy atom. The Labute approximate surface area is 190 Å². The SMILES string of the molecule is O=C(c1ccc(S(=O)(=O)Nc2ccc(F)cc2)cc1)N1CCOC(c2ccc(Cl)cc2)C1. The fourth-order valence-electron chi connectivity index (χ4n) is 3.40. The van der Waals surface area contributed by atoms with Crippen molar-refractivity contribution in [3.63, 3.8) is 0 Å². The van der Waals surface area contributed by atoms with Crippen LogP contribution in [-0.4, -0.2) is 38.9 Å². The summed E-state index contributed by atoms with van der Waals surface area (Å²) in [5.74, 6) is -0.667. The van der Waals surface area contributed by atoms with Crippen molar-refractivity contribution in [2.75, 3.05) is 24.4 Å². The van der Waals surface area contributed by atoms with Gasteiger partial charge in [-0.15, -0.1) is 0 Å². The first-order chi connectivity index (χ1) is 15.3. The number of amides is 1. The molecule has 1 N–H and O–H groups in total. The molecule has 1 aliphatic rings. The fraction of sp³-hybridized carbons (Fsp3) is 0.174. The van der Waals surface area contributed by atoms with Crippen LogP contribution in [0.3, 0.4) is 0 Å². The lowest BCUT2D eigenvalue weighted by molar-refractivity contribution is -0.0228. The number of nitrogens with zero attached hydrogens (tertiary/aromatic N) is 1. The number of halogens is 2. The number of benzene rings is 3. The summed E-state index contributed by atoms with van der Waals surface area (Å²) in [5.41, 5.74) is 1.55. The summed E-state index contributed by atoms with van der Waals surface area (Å²) in [6.45, 7) is 1.22. The minimum atomic E-state index is -3.87. The molecular formula is C23H20ClFN2O4S. The number of hydrogen-bond acceptors (Lipinski definition) is 4. The Bertz CT molecular complexity index is 1200. The zero-order valence-electron chi connectivity index (χ0n) is 16.9. The number of anilines is 1. The zero-order chi connectivity index (χ0) is 22.7. The number of sulfonamides is 1. The molecule has 1 atom stereocenters. The van der Waals surface area contributed by atoms with Gasteiger partial charge in [-0.2, -0.15) is 0 Å². The smallest absolute Gasteiger partial charge is 0.261 e. The summed E-state index contributed by atoms with van der Waals surface area (Å²) in [6, 6.07) is 18.0. The number of nitrogens with one attached hydrogen (secondary N) is 1. The molecule has 3 aromatic rings. The average Bonchev–Trinajstić information content (AvgIpc) is 2.81. The summed E-state index contributed by atoms with van der Waals surface area (Å²) < 4.78 is 46.3. The highest BCUT2D eigenvalue weighted by Gasteiger charge is 2.26. The van der Waals surface area contributed by atoms with Crippen LogP contribution in [0.25, 0.3) is 0 Å². The summed E-state index contributed by atoms with van der Waals surface area (Å²) >= 11 is 5.94. The van der Waals surface area contributed by atoms with E-state index in [-0.39, 0.29) is 22.6 Å². The second-order valence-electron chi connectivity index (χ2n) is 7.30. The molecule has 3 aromatic carbocycles. The van der Waals surface area contributed by atoms with Crippen molar-refractivity contribution >= 4 is 33.2 Å². The molecule has 166 valence electrons. The molecule has 6 nitrogen and oxygen atoms in total. The molecule has 0 radical (unpaired) electrons. The van der Waals surface area contributed by atoms with E-state index >= 15 is 0 Å². The Morgan fingerprint density at radius 1 is 1.00 bits per heavy atom. The predicted octanol–water partition coefficient (Wildman–Crippen LogP) is 4.49. The highest BCUT2D eigenvalue weighted by Crippen LogP contribution is 2.25. The number of ether oxygens (including phenoxy) is 1. The Kier molecular flexibility index (Phi) is 6.45. The predicted molar refractivity (Wildman–Crippen MR) is 120 cm³/mol. The normalized spacial score (nSPS) is 16.6. The summed E-state index contributed by atoms with van der Waals surface area (Å²) in [7, 11) is -3.87. The average molecular weight is 475 g/mol. The maximum absolute atomic E-state index is 13.0. The molecule has 0 aliphatic carbocycles. The molecular weight excluding hydrogens is 455 g/mol. The van der Waals surface area contributed by atoms with Gasteiger partial charge in [0.05, 0.1) is 18.0 Å². The minimum absolute atomic E-state index is 0.000562. The molecule has 1 aliphatic heterocycles. The molecule has 1 unspecified atom stereocenters. The molecule has 1 heterocycles. The van der Waals surface area contributed by atoms with Crippen LogP contribution >= 0.6 is 11.6 Å². The largest absolute Gasteiger partial charge is 0.370 e. The quantitative estimate of drug-likeness (QED) is 0.591. The van der Waals surface area contributed by atoms with Gasteiger partial charge in [-0.25, -0.2) is 12.8 Å². The second kappa shape index (κ2) is 9.28. The van der Waals surface area contributed by atoms with E-state index in [0.29, 0.717) is 30.3 Å². The van der Waals surface area contributed by atoms with Crippen molar-refractivity contribution in [3.05, 3.63) is 94.8 Å². The molecule has 0 spiro atoms. The highest BCUT2D eigenvalue weighted by molar-refractivity contribution is 7.92. The van der Waals surface area contributed by atoms with Crippen molar-refractivity contribution in [3.8, 4) is 0 Å². The van der Waals surface area contributed by atoms with E-state index in [1.165, 1.54) is 48.5 Å². The van der Waals surface area contributed by atoms with Crippen LogP contribution in [0.2, 0.25) is 5.02 Å². The number of morpholine rings is 1. The summed E-state index contributed by atoms with van der Waals surface area (Å²) in [6.07, 6.45) is -0.260. The molecule has 0 saturated carbocycles. The lowest BCUT2D eigenvalue weighted by Gasteiger charge is -2.33. The van der Waals surface area contributed by atoms with Crippen molar-refractivity contribution in [2.24, 2.45) is 0 Å². The lowest BCUT2D eigenvalue weighted by atomic mass is 10.1. The van der Waals surface area contributed by atoms with Crippen LogP contribution in [0.4, 0.5) is 10.1 Å². The molecule has 1 saturated heterocycles. The van der Waals surface area contributed by atoms with Crippen molar-refractivity contribution in [1.82, 2.24) is 4.90 Å². The van der Waals surface area contributed by atoms with Crippen molar-refractivity contribution < 1.29 is 22.3 Å². The van der Waals surface area contributed by atoms with Gasteiger partial charge in [0, 0.05) is 22.8 Å². The Balaban J connectivity index is 1.45. The van der Waals surface area contributed by atoms with Crippen LogP contribution in [0.1, 0.15) is 22.0 Å². The van der Waals surface area contributed by atoms with E-state index in [1.54, 1.807) is 17.0 Å². The van der Waals surface area contributed by atoms with E-state index in [1.807, 2.05) is 12.1 Å². The van der Waals surface area contributed by atoms with E-state index < -0.39 is 15.8 Å². The van der Waals surface area contributed by atoms with Gasteiger partial charge in [0.15, 0.2) is 0 Å². The lowest BCUT2D eigenvalue weighted by Crippen LogP contribution is -2.42. The number of carbonyl (C=O) groups is 1. The van der Waals surface area contributed by atoms with E-state index in [0.717, 1.165) is 5.56 Å². The molecule has 9 heteroatoms. The topological polar surface area (TPSA) is 75.7 Å². The van der Waals surface area contributed by atoms with Crippen LogP contribution in [0, 0.1) is 5.82 Å². The van der Waals surface area contributed by atoms with Crippen LogP contribution in [-0.2, 0) is 14.8 Å². The van der Waals surface area contributed by atoms with Crippen LogP contribution in [0.5, 0.6) is 0 Å². The second-order valence-corrected chi connectivity index (χ2v) is 9.42.